The molecule has 6 nitrogen and oxygen atoms in total. The number of para-hydroxylation sites is 5. The zero-order chi connectivity index (χ0) is 49.0. The van der Waals surface area contributed by atoms with Crippen LogP contribution in [0.4, 0.5) is 0 Å². The number of carbonyl (C=O) groups is 2. The molecule has 348 valence electrons. The number of aromatic nitrogens is 4. The predicted molar refractivity (Wildman–Crippen MR) is 303 cm³/mol. The molecule has 15 rings (SSSR count). The van der Waals surface area contributed by atoms with Crippen LogP contribution in [0.15, 0.2) is 237 Å². The Morgan fingerprint density at radius 1 is 0.311 bits per heavy atom. The van der Waals surface area contributed by atoms with Crippen molar-refractivity contribution in [2.45, 2.75) is 12.8 Å². The van der Waals surface area contributed by atoms with Crippen molar-refractivity contribution in [2.24, 2.45) is 0 Å². The summed E-state index contributed by atoms with van der Waals surface area (Å²) in [6.45, 7) is 0. The van der Waals surface area contributed by atoms with Gasteiger partial charge in [-0.05, 0) is 140 Å². The summed E-state index contributed by atoms with van der Waals surface area (Å²) >= 11 is 0. The van der Waals surface area contributed by atoms with Gasteiger partial charge in [0.05, 0.1) is 38.6 Å². The van der Waals surface area contributed by atoms with Gasteiger partial charge >= 0.3 is 0 Å². The molecule has 14 aromatic rings. The third-order valence-electron chi connectivity index (χ3n) is 15.5. The van der Waals surface area contributed by atoms with E-state index in [1.54, 1.807) is 12.1 Å². The predicted octanol–water partition coefficient (Wildman–Crippen LogP) is 16.3. The SMILES string of the molecule is O=C(c1ccc(-n2c3c(c4cc(-n5c6ccccc6c6ccccc65)ccc42)CCC=C3)cc1)c1ccccc1C(=O)c1ccc(-n2c3ccccc3c3cc(-n4c5ccccc5c5ccccc54)ccc32)cc1. The van der Waals surface area contributed by atoms with Gasteiger partial charge in [-0.15, -0.1) is 0 Å². The third-order valence-corrected chi connectivity index (χ3v) is 15.5. The van der Waals surface area contributed by atoms with Gasteiger partial charge in [0.1, 0.15) is 0 Å². The summed E-state index contributed by atoms with van der Waals surface area (Å²) in [7, 11) is 0. The molecule has 0 radical (unpaired) electrons. The molecule has 74 heavy (non-hydrogen) atoms. The highest BCUT2D eigenvalue weighted by atomic mass is 16.1. The van der Waals surface area contributed by atoms with Crippen molar-refractivity contribution in [1.29, 1.82) is 0 Å². The minimum absolute atomic E-state index is 0.196. The molecule has 6 heteroatoms. The first-order valence-corrected chi connectivity index (χ1v) is 25.3. The highest BCUT2D eigenvalue weighted by Crippen LogP contribution is 2.40. The largest absolute Gasteiger partial charge is 0.310 e. The number of rotatable bonds is 8. The van der Waals surface area contributed by atoms with E-state index in [0.29, 0.717) is 22.3 Å². The molecule has 0 saturated heterocycles. The lowest BCUT2D eigenvalue weighted by Crippen LogP contribution is -2.11. The van der Waals surface area contributed by atoms with Crippen molar-refractivity contribution in [2.75, 3.05) is 0 Å². The molecule has 0 atom stereocenters. The maximum atomic E-state index is 14.5. The van der Waals surface area contributed by atoms with Crippen LogP contribution in [0.25, 0.3) is 105 Å². The van der Waals surface area contributed by atoms with Crippen molar-refractivity contribution in [3.8, 4) is 22.7 Å². The Hall–Kier alpha value is -9.78. The number of carbonyl (C=O) groups excluding carboxylic acids is 2. The smallest absolute Gasteiger partial charge is 0.193 e. The van der Waals surface area contributed by atoms with Crippen LogP contribution < -0.4 is 0 Å². The van der Waals surface area contributed by atoms with E-state index in [-0.39, 0.29) is 11.6 Å². The molecule has 0 spiro atoms. The molecular weight excluding hydrogens is 905 g/mol. The number of allylic oxidation sites excluding steroid dienone is 1. The van der Waals surface area contributed by atoms with Gasteiger partial charge in [-0.1, -0.05) is 121 Å². The van der Waals surface area contributed by atoms with E-state index in [4.69, 9.17) is 0 Å². The van der Waals surface area contributed by atoms with E-state index in [1.807, 2.05) is 60.7 Å². The number of aryl methyl sites for hydroxylation is 1. The van der Waals surface area contributed by atoms with Crippen LogP contribution >= 0.6 is 0 Å². The maximum absolute atomic E-state index is 14.5. The fraction of sp³-hybridized carbons (Fsp3) is 0.0294. The first-order chi connectivity index (χ1) is 36.6. The van der Waals surface area contributed by atoms with Crippen molar-refractivity contribution < 1.29 is 9.59 Å². The molecule has 0 amide bonds. The minimum Gasteiger partial charge on any atom is -0.310 e. The lowest BCUT2D eigenvalue weighted by molar-refractivity contribution is 0.100. The summed E-state index contributed by atoms with van der Waals surface area (Å²) in [6, 6.07) is 79.2. The van der Waals surface area contributed by atoms with Crippen LogP contribution in [0.5, 0.6) is 0 Å². The third kappa shape index (κ3) is 6.25. The zero-order valence-corrected chi connectivity index (χ0v) is 40.1. The molecule has 0 fully saturated rings. The minimum atomic E-state index is -0.201. The quantitative estimate of drug-likeness (QED) is 0.143. The van der Waals surface area contributed by atoms with E-state index in [0.717, 1.165) is 68.6 Å². The van der Waals surface area contributed by atoms with Crippen molar-refractivity contribution in [1.82, 2.24) is 18.3 Å². The highest BCUT2D eigenvalue weighted by molar-refractivity contribution is 6.20. The normalized spacial score (nSPS) is 12.5. The van der Waals surface area contributed by atoms with Gasteiger partial charge in [-0.2, -0.15) is 0 Å². The summed E-state index contributed by atoms with van der Waals surface area (Å²) in [5.74, 6) is -0.398. The molecule has 0 aliphatic heterocycles. The van der Waals surface area contributed by atoms with Crippen LogP contribution in [-0.4, -0.2) is 29.8 Å². The second kappa shape index (κ2) is 16.4. The molecule has 10 aromatic carbocycles. The van der Waals surface area contributed by atoms with Gasteiger partial charge in [-0.25, -0.2) is 0 Å². The molecule has 1 aliphatic rings. The van der Waals surface area contributed by atoms with E-state index in [9.17, 15) is 9.59 Å². The average Bonchev–Trinajstić information content (AvgIpc) is 4.23. The number of hydrogen-bond donors (Lipinski definition) is 0. The van der Waals surface area contributed by atoms with Gasteiger partial charge in [0.25, 0.3) is 0 Å². The first kappa shape index (κ1) is 42.0. The topological polar surface area (TPSA) is 53.9 Å². The van der Waals surface area contributed by atoms with Crippen molar-refractivity contribution >= 4 is 94.0 Å². The summed E-state index contributed by atoms with van der Waals surface area (Å²) in [6.07, 6.45) is 6.41. The Balaban J connectivity index is 0.742. The number of hydrogen-bond acceptors (Lipinski definition) is 2. The lowest BCUT2D eigenvalue weighted by atomic mass is 9.93. The highest BCUT2D eigenvalue weighted by Gasteiger charge is 2.24. The van der Waals surface area contributed by atoms with Crippen LogP contribution in [0.2, 0.25) is 0 Å². The van der Waals surface area contributed by atoms with Gasteiger partial charge in [0, 0.05) is 88.4 Å². The Bertz CT molecular complexity index is 4580. The Labute approximate surface area is 425 Å². The van der Waals surface area contributed by atoms with E-state index >= 15 is 0 Å². The fourth-order valence-electron chi connectivity index (χ4n) is 12.1. The van der Waals surface area contributed by atoms with Crippen LogP contribution in [0.1, 0.15) is 49.5 Å². The Morgan fingerprint density at radius 2 is 0.649 bits per heavy atom. The first-order valence-electron chi connectivity index (χ1n) is 25.3. The maximum Gasteiger partial charge on any atom is 0.193 e. The van der Waals surface area contributed by atoms with Crippen molar-refractivity contribution in [3.05, 3.63) is 270 Å². The number of fused-ring (bicyclic) bond motifs is 12. The van der Waals surface area contributed by atoms with Crippen LogP contribution in [0, 0.1) is 0 Å². The fourth-order valence-corrected chi connectivity index (χ4v) is 12.1. The number of ketones is 2. The summed E-state index contributed by atoms with van der Waals surface area (Å²) < 4.78 is 9.31. The van der Waals surface area contributed by atoms with Gasteiger partial charge in [0.2, 0.25) is 0 Å². The van der Waals surface area contributed by atoms with E-state index in [1.165, 1.54) is 54.6 Å². The molecule has 0 saturated carbocycles. The summed E-state index contributed by atoms with van der Waals surface area (Å²) in [5.41, 5.74) is 16.4. The zero-order valence-electron chi connectivity index (χ0n) is 40.1. The molecule has 1 aliphatic carbocycles. The van der Waals surface area contributed by atoms with E-state index < -0.39 is 0 Å². The Kier molecular flexibility index (Phi) is 9.29. The molecule has 0 unspecified atom stereocenters. The van der Waals surface area contributed by atoms with Crippen molar-refractivity contribution in [3.63, 3.8) is 0 Å². The summed E-state index contributed by atoms with van der Waals surface area (Å²) in [5, 5.41) is 8.45. The molecule has 4 aromatic heterocycles. The Morgan fingerprint density at radius 3 is 1.11 bits per heavy atom. The van der Waals surface area contributed by atoms with Gasteiger partial charge < -0.3 is 18.3 Å². The monoisotopic (exact) mass is 948 g/mol. The average molecular weight is 949 g/mol. The molecule has 4 heterocycles. The van der Waals surface area contributed by atoms with Gasteiger partial charge in [0.15, 0.2) is 11.6 Å². The van der Waals surface area contributed by atoms with Crippen LogP contribution in [-0.2, 0) is 6.42 Å². The molecule has 0 N–H and O–H groups in total. The van der Waals surface area contributed by atoms with E-state index in [2.05, 4.69) is 188 Å². The molecular formula is C68H44N4O2. The number of benzene rings is 10. The standard InChI is InChI=1S/C68H44N4O2/c73-67(43-29-33-45(34-30-43)69-63-27-13-7-19-53(63)57-41-47(37-39-65(57)69)71-59-23-9-3-15-49(59)50-16-4-10-24-60(50)71)55-21-1-2-22-56(55)68(74)44-31-35-46(36-32-44)70-64-28-14-8-20-54(64)58-42-48(38-40-66(58)70)72-61-25-11-5-17-51(61)52-18-6-12-26-62(52)72/h1-7,9-19,21-42H,8,20H2. The summed E-state index contributed by atoms with van der Waals surface area (Å²) in [4.78, 5) is 29.0. The van der Waals surface area contributed by atoms with Crippen LogP contribution in [0.3, 0.4) is 0 Å². The lowest BCUT2D eigenvalue weighted by Gasteiger charge is -2.13. The van der Waals surface area contributed by atoms with Gasteiger partial charge in [-0.3, -0.25) is 9.59 Å². The second-order valence-corrected chi connectivity index (χ2v) is 19.4. The number of nitrogens with zero attached hydrogens (tertiary/aromatic N) is 4. The molecule has 0 bridgehead atoms. The second-order valence-electron chi connectivity index (χ2n) is 19.4.